The summed E-state index contributed by atoms with van der Waals surface area (Å²) in [6.45, 7) is 10.4. The molecule has 0 aromatic carbocycles. The monoisotopic (exact) mass is 273 g/mol. The van der Waals surface area contributed by atoms with E-state index in [0.29, 0.717) is 11.9 Å². The molecule has 20 heavy (non-hydrogen) atoms. The third-order valence-corrected chi connectivity index (χ3v) is 3.41. The number of hydrogen-bond acceptors (Lipinski definition) is 4. The molecule has 0 saturated heterocycles. The van der Waals surface area contributed by atoms with E-state index in [2.05, 4.69) is 42.8 Å². The molecule has 0 amide bonds. The Morgan fingerprint density at radius 2 is 1.90 bits per heavy atom. The van der Waals surface area contributed by atoms with Crippen LogP contribution in [0.25, 0.3) is 5.95 Å². The van der Waals surface area contributed by atoms with Gasteiger partial charge in [-0.3, -0.25) is 0 Å². The molecular weight excluding hydrogens is 250 g/mol. The van der Waals surface area contributed by atoms with Crippen LogP contribution in [-0.4, -0.2) is 19.7 Å². The Bertz CT molecular complexity index is 613. The summed E-state index contributed by atoms with van der Waals surface area (Å²) in [5, 5.41) is 4.58. The maximum absolute atomic E-state index is 6.16. The van der Waals surface area contributed by atoms with Crippen molar-refractivity contribution < 1.29 is 0 Å². The van der Waals surface area contributed by atoms with E-state index < -0.39 is 0 Å². The number of hydrogen-bond donors (Lipinski definition) is 1. The Kier molecular flexibility index (Phi) is 4.06. The smallest absolute Gasteiger partial charge is 0.251 e. The highest BCUT2D eigenvalue weighted by Crippen LogP contribution is 2.22. The maximum atomic E-state index is 6.16. The zero-order valence-electron chi connectivity index (χ0n) is 12.9. The van der Waals surface area contributed by atoms with Gasteiger partial charge in [0.1, 0.15) is 0 Å². The molecule has 0 saturated carbocycles. The number of aryl methyl sites for hydroxylation is 2. The molecule has 2 N–H and O–H groups in total. The molecular formula is C15H23N5. The zero-order chi connectivity index (χ0) is 14.9. The van der Waals surface area contributed by atoms with Gasteiger partial charge >= 0.3 is 0 Å². The van der Waals surface area contributed by atoms with Crippen LogP contribution in [0, 0.1) is 6.92 Å². The third kappa shape index (κ3) is 2.53. The first-order chi connectivity index (χ1) is 9.47. The summed E-state index contributed by atoms with van der Waals surface area (Å²) in [6.07, 6.45) is 1.63. The number of rotatable bonds is 4. The standard InChI is InChI=1S/C15H23N5/c1-6-11-14(16)13(7-2)20(19-11)15-17-10(5)8-12(18-15)9(3)4/h8-9H,6-7,16H2,1-5H3. The predicted octanol–water partition coefficient (Wildman–Crippen LogP) is 2.80. The van der Waals surface area contributed by atoms with Crippen molar-refractivity contribution in [2.24, 2.45) is 0 Å². The summed E-state index contributed by atoms with van der Waals surface area (Å²) in [6, 6.07) is 2.02. The summed E-state index contributed by atoms with van der Waals surface area (Å²) >= 11 is 0. The Hall–Kier alpha value is -1.91. The van der Waals surface area contributed by atoms with Crippen LogP contribution in [0.3, 0.4) is 0 Å². The van der Waals surface area contributed by atoms with Crippen LogP contribution >= 0.6 is 0 Å². The molecule has 2 heterocycles. The molecule has 0 bridgehead atoms. The van der Waals surface area contributed by atoms with Gasteiger partial charge in [-0.05, 0) is 31.7 Å². The predicted molar refractivity (Wildman–Crippen MR) is 81.1 cm³/mol. The lowest BCUT2D eigenvalue weighted by Crippen LogP contribution is -2.10. The van der Waals surface area contributed by atoms with Crippen LogP contribution in [0.1, 0.15) is 56.4 Å². The van der Waals surface area contributed by atoms with Crippen molar-refractivity contribution >= 4 is 5.69 Å². The van der Waals surface area contributed by atoms with Gasteiger partial charge in [-0.25, -0.2) is 14.6 Å². The highest BCUT2D eigenvalue weighted by molar-refractivity contribution is 5.50. The molecule has 0 atom stereocenters. The fourth-order valence-corrected chi connectivity index (χ4v) is 2.25. The number of anilines is 1. The molecule has 0 aliphatic carbocycles. The van der Waals surface area contributed by atoms with E-state index in [9.17, 15) is 0 Å². The number of nitrogens with two attached hydrogens (primary N) is 1. The van der Waals surface area contributed by atoms with E-state index in [1.807, 2.05) is 13.0 Å². The topological polar surface area (TPSA) is 69.6 Å². The first kappa shape index (κ1) is 14.5. The summed E-state index contributed by atoms with van der Waals surface area (Å²) in [5.74, 6) is 0.982. The first-order valence-electron chi connectivity index (χ1n) is 7.20. The van der Waals surface area contributed by atoms with E-state index in [1.165, 1.54) is 0 Å². The van der Waals surface area contributed by atoms with E-state index in [-0.39, 0.29) is 0 Å². The molecule has 0 unspecified atom stereocenters. The Labute approximate surface area is 120 Å². The largest absolute Gasteiger partial charge is 0.396 e. The van der Waals surface area contributed by atoms with Gasteiger partial charge in [0.25, 0.3) is 5.95 Å². The van der Waals surface area contributed by atoms with Crippen molar-refractivity contribution in [2.45, 2.75) is 53.4 Å². The molecule has 0 radical (unpaired) electrons. The van der Waals surface area contributed by atoms with Crippen LogP contribution in [-0.2, 0) is 12.8 Å². The van der Waals surface area contributed by atoms with Crippen LogP contribution in [0.5, 0.6) is 0 Å². The Morgan fingerprint density at radius 1 is 1.20 bits per heavy atom. The molecule has 0 fully saturated rings. The summed E-state index contributed by atoms with van der Waals surface area (Å²) < 4.78 is 1.80. The quantitative estimate of drug-likeness (QED) is 0.930. The summed E-state index contributed by atoms with van der Waals surface area (Å²) in [5.41, 5.74) is 10.8. The van der Waals surface area contributed by atoms with Crippen molar-refractivity contribution in [1.82, 2.24) is 19.7 Å². The van der Waals surface area contributed by atoms with Gasteiger partial charge < -0.3 is 5.73 Å². The highest BCUT2D eigenvalue weighted by atomic mass is 15.4. The van der Waals surface area contributed by atoms with Crippen LogP contribution in [0.2, 0.25) is 0 Å². The second kappa shape index (κ2) is 5.61. The fourth-order valence-electron chi connectivity index (χ4n) is 2.25. The molecule has 108 valence electrons. The molecule has 0 aliphatic rings. The molecule has 0 aliphatic heterocycles. The van der Waals surface area contributed by atoms with Gasteiger partial charge in [0, 0.05) is 11.4 Å². The maximum Gasteiger partial charge on any atom is 0.251 e. The fraction of sp³-hybridized carbons (Fsp3) is 0.533. The molecule has 5 nitrogen and oxygen atoms in total. The first-order valence-corrected chi connectivity index (χ1v) is 7.20. The average Bonchev–Trinajstić information content (AvgIpc) is 2.74. The zero-order valence-corrected chi connectivity index (χ0v) is 12.9. The van der Waals surface area contributed by atoms with Gasteiger partial charge in [0.05, 0.1) is 17.1 Å². The minimum atomic E-state index is 0.360. The number of nitrogen functional groups attached to an aromatic ring is 1. The van der Waals surface area contributed by atoms with Crippen molar-refractivity contribution in [1.29, 1.82) is 0 Å². The van der Waals surface area contributed by atoms with Crippen molar-refractivity contribution in [3.63, 3.8) is 0 Å². The lowest BCUT2D eigenvalue weighted by molar-refractivity contribution is 0.716. The van der Waals surface area contributed by atoms with Gasteiger partial charge in [-0.2, -0.15) is 5.10 Å². The van der Waals surface area contributed by atoms with Crippen molar-refractivity contribution in [2.75, 3.05) is 5.73 Å². The number of aromatic nitrogens is 4. The second-order valence-corrected chi connectivity index (χ2v) is 5.31. The molecule has 2 aromatic heterocycles. The van der Waals surface area contributed by atoms with Crippen molar-refractivity contribution in [3.05, 3.63) is 28.8 Å². The summed E-state index contributed by atoms with van der Waals surface area (Å²) in [4.78, 5) is 9.15. The molecule has 5 heteroatoms. The minimum absolute atomic E-state index is 0.360. The van der Waals surface area contributed by atoms with Crippen LogP contribution in [0.15, 0.2) is 6.07 Å². The number of nitrogens with zero attached hydrogens (tertiary/aromatic N) is 4. The SMILES string of the molecule is CCc1nn(-c2nc(C)cc(C(C)C)n2)c(CC)c1N. The molecule has 2 rings (SSSR count). The van der Waals surface area contributed by atoms with Crippen LogP contribution < -0.4 is 5.73 Å². The normalized spacial score (nSPS) is 11.3. The van der Waals surface area contributed by atoms with E-state index in [0.717, 1.165) is 41.3 Å². The van der Waals surface area contributed by atoms with E-state index in [1.54, 1.807) is 4.68 Å². The third-order valence-electron chi connectivity index (χ3n) is 3.41. The van der Waals surface area contributed by atoms with Gasteiger partial charge in [0.2, 0.25) is 0 Å². The lowest BCUT2D eigenvalue weighted by Gasteiger charge is -2.10. The van der Waals surface area contributed by atoms with Crippen LogP contribution in [0.4, 0.5) is 5.69 Å². The second-order valence-electron chi connectivity index (χ2n) is 5.31. The Morgan fingerprint density at radius 3 is 2.45 bits per heavy atom. The van der Waals surface area contributed by atoms with E-state index in [4.69, 9.17) is 5.73 Å². The highest BCUT2D eigenvalue weighted by Gasteiger charge is 2.17. The van der Waals surface area contributed by atoms with Gasteiger partial charge in [0.15, 0.2) is 0 Å². The lowest BCUT2D eigenvalue weighted by atomic mass is 10.1. The van der Waals surface area contributed by atoms with Crippen molar-refractivity contribution in [3.8, 4) is 5.95 Å². The summed E-state index contributed by atoms with van der Waals surface area (Å²) in [7, 11) is 0. The molecule has 0 spiro atoms. The minimum Gasteiger partial charge on any atom is -0.396 e. The Balaban J connectivity index is 2.62. The average molecular weight is 273 g/mol. The van der Waals surface area contributed by atoms with Gasteiger partial charge in [-0.15, -0.1) is 0 Å². The molecule has 2 aromatic rings. The van der Waals surface area contributed by atoms with E-state index >= 15 is 0 Å². The van der Waals surface area contributed by atoms with Gasteiger partial charge in [-0.1, -0.05) is 27.7 Å².